The number of sulfonamides is 1. The molecule has 1 aliphatic rings. The first-order valence-electron chi connectivity index (χ1n) is 7.84. The van der Waals surface area contributed by atoms with E-state index in [1.165, 1.54) is 31.5 Å². The highest BCUT2D eigenvalue weighted by Crippen LogP contribution is 2.43. The number of allylic oxidation sites excluding steroid dienone is 2. The number of aromatic nitrogens is 1. The average molecular weight is 376 g/mol. The van der Waals surface area contributed by atoms with Crippen molar-refractivity contribution in [3.05, 3.63) is 59.7 Å². The van der Waals surface area contributed by atoms with Gasteiger partial charge in [-0.2, -0.15) is 4.39 Å². The molecule has 0 amide bonds. The lowest BCUT2D eigenvalue weighted by Gasteiger charge is -2.09. The summed E-state index contributed by atoms with van der Waals surface area (Å²) in [7, 11) is -2.45. The molecule has 1 atom stereocenters. The predicted molar refractivity (Wildman–Crippen MR) is 93.6 cm³/mol. The number of hydrogen-bond acceptors (Lipinski definition) is 5. The summed E-state index contributed by atoms with van der Waals surface area (Å²) in [5, 5.41) is 5.13. The summed E-state index contributed by atoms with van der Waals surface area (Å²) in [5.41, 5.74) is 3.21. The summed E-state index contributed by atoms with van der Waals surface area (Å²) >= 11 is 0. The molecule has 1 aromatic heterocycles. The minimum absolute atomic E-state index is 0.00867. The molecule has 0 saturated heterocycles. The van der Waals surface area contributed by atoms with Crippen LogP contribution in [0.25, 0.3) is 11.1 Å². The zero-order valence-electron chi connectivity index (χ0n) is 14.0. The molecule has 0 bridgehead atoms. The Kier molecular flexibility index (Phi) is 4.88. The van der Waals surface area contributed by atoms with Gasteiger partial charge in [0.05, 0.1) is 17.9 Å². The number of benzene rings is 1. The Bertz CT molecular complexity index is 967. The second-order valence-corrected chi connectivity index (χ2v) is 7.59. The van der Waals surface area contributed by atoms with E-state index in [2.05, 4.69) is 4.98 Å². The van der Waals surface area contributed by atoms with Crippen molar-refractivity contribution in [2.75, 3.05) is 7.11 Å². The molecule has 0 radical (unpaired) electrons. The Labute approximate surface area is 150 Å². The first-order chi connectivity index (χ1) is 12.3. The molecule has 1 unspecified atom stereocenters. The van der Waals surface area contributed by atoms with E-state index >= 15 is 0 Å². The number of methoxy groups -OCH3 is 1. The summed E-state index contributed by atoms with van der Waals surface area (Å²) in [6, 6.07) is 9.00. The van der Waals surface area contributed by atoms with Crippen molar-refractivity contribution < 1.29 is 22.3 Å². The highest BCUT2D eigenvalue weighted by atomic mass is 32.2. The number of ether oxygens (including phenoxy) is 1. The van der Waals surface area contributed by atoms with E-state index < -0.39 is 16.0 Å². The third-order valence-corrected chi connectivity index (χ3v) is 5.34. The van der Waals surface area contributed by atoms with Gasteiger partial charge in [-0.05, 0) is 59.4 Å². The van der Waals surface area contributed by atoms with Crippen LogP contribution in [0.4, 0.5) is 4.39 Å². The van der Waals surface area contributed by atoms with Crippen LogP contribution in [-0.4, -0.2) is 26.5 Å². The van der Waals surface area contributed by atoms with Crippen molar-refractivity contribution in [2.45, 2.75) is 17.7 Å². The van der Waals surface area contributed by atoms with Crippen LogP contribution in [0.15, 0.2) is 47.5 Å². The van der Waals surface area contributed by atoms with E-state index in [0.717, 1.165) is 16.7 Å². The number of rotatable bonds is 4. The maximum absolute atomic E-state index is 13.1. The number of carbonyl (C=O) groups excluding carboxylic acids is 1. The maximum Gasteiger partial charge on any atom is 0.309 e. The van der Waals surface area contributed by atoms with E-state index in [-0.39, 0.29) is 16.8 Å². The molecule has 0 fully saturated rings. The smallest absolute Gasteiger partial charge is 0.309 e. The SMILES string of the molecule is COC(=O)C1CC(c2ccc(S(N)(=O)=O)cc2)=C(c2ccc(F)nc2)C1. The number of esters is 1. The Morgan fingerprint density at radius 3 is 2.19 bits per heavy atom. The second kappa shape index (κ2) is 6.97. The highest BCUT2D eigenvalue weighted by Gasteiger charge is 2.31. The van der Waals surface area contributed by atoms with E-state index in [9.17, 15) is 17.6 Å². The molecule has 1 heterocycles. The Morgan fingerprint density at radius 2 is 1.69 bits per heavy atom. The molecule has 136 valence electrons. The Morgan fingerprint density at radius 1 is 1.12 bits per heavy atom. The van der Waals surface area contributed by atoms with Crippen LogP contribution in [-0.2, 0) is 19.6 Å². The van der Waals surface area contributed by atoms with Crippen LogP contribution in [0.5, 0.6) is 0 Å². The van der Waals surface area contributed by atoms with Crippen molar-refractivity contribution in [1.82, 2.24) is 4.98 Å². The van der Waals surface area contributed by atoms with Crippen LogP contribution in [0.3, 0.4) is 0 Å². The van der Waals surface area contributed by atoms with Gasteiger partial charge in [-0.25, -0.2) is 18.5 Å². The minimum atomic E-state index is -3.78. The number of nitrogens with two attached hydrogens (primary N) is 1. The van der Waals surface area contributed by atoms with Gasteiger partial charge >= 0.3 is 5.97 Å². The molecule has 6 nitrogen and oxygen atoms in total. The number of pyridine rings is 1. The zero-order chi connectivity index (χ0) is 18.9. The molecule has 8 heteroatoms. The molecule has 0 saturated carbocycles. The van der Waals surface area contributed by atoms with Crippen molar-refractivity contribution in [2.24, 2.45) is 11.1 Å². The summed E-state index contributed by atoms with van der Waals surface area (Å²) in [6.45, 7) is 0. The lowest BCUT2D eigenvalue weighted by molar-refractivity contribution is -0.144. The average Bonchev–Trinajstić information content (AvgIpc) is 3.06. The number of nitrogens with zero attached hydrogens (tertiary/aromatic N) is 1. The first-order valence-corrected chi connectivity index (χ1v) is 9.39. The van der Waals surface area contributed by atoms with Crippen LogP contribution in [0, 0.1) is 11.9 Å². The summed E-state index contributed by atoms with van der Waals surface area (Å²) in [4.78, 5) is 15.7. The zero-order valence-corrected chi connectivity index (χ0v) is 14.8. The lowest BCUT2D eigenvalue weighted by Crippen LogP contribution is -2.13. The number of carbonyl (C=O) groups is 1. The van der Waals surface area contributed by atoms with Gasteiger partial charge in [0, 0.05) is 6.20 Å². The molecular weight excluding hydrogens is 359 g/mol. The fraction of sp³-hybridized carbons (Fsp3) is 0.222. The van der Waals surface area contributed by atoms with Crippen molar-refractivity contribution >= 4 is 27.1 Å². The first kappa shape index (κ1) is 18.2. The molecule has 1 aromatic carbocycles. The number of primary sulfonamides is 1. The fourth-order valence-corrected chi connectivity index (χ4v) is 3.64. The molecule has 0 aliphatic heterocycles. The third kappa shape index (κ3) is 3.66. The highest BCUT2D eigenvalue weighted by molar-refractivity contribution is 7.89. The third-order valence-electron chi connectivity index (χ3n) is 4.41. The Hall–Kier alpha value is -2.58. The lowest BCUT2D eigenvalue weighted by atomic mass is 9.98. The normalized spacial score (nSPS) is 17.4. The van der Waals surface area contributed by atoms with Crippen molar-refractivity contribution in [3.63, 3.8) is 0 Å². The van der Waals surface area contributed by atoms with Gasteiger partial charge in [-0.1, -0.05) is 12.1 Å². The van der Waals surface area contributed by atoms with Gasteiger partial charge in [-0.3, -0.25) is 4.79 Å². The predicted octanol–water partition coefficient (Wildman–Crippen LogP) is 2.36. The van der Waals surface area contributed by atoms with E-state index in [0.29, 0.717) is 18.4 Å². The summed E-state index contributed by atoms with van der Waals surface area (Å²) in [5.74, 6) is -1.27. The van der Waals surface area contributed by atoms with Gasteiger partial charge in [0.25, 0.3) is 0 Å². The van der Waals surface area contributed by atoms with Gasteiger partial charge in [0.2, 0.25) is 16.0 Å². The number of halogens is 1. The van der Waals surface area contributed by atoms with Crippen LogP contribution in [0.1, 0.15) is 24.0 Å². The standard InChI is InChI=1S/C18H17FN2O4S/c1-25-18(22)13-8-15(11-2-5-14(6-3-11)26(20,23)24)16(9-13)12-4-7-17(19)21-10-12/h2-7,10,13H,8-9H2,1H3,(H2,20,23,24). The van der Waals surface area contributed by atoms with Crippen molar-refractivity contribution in [3.8, 4) is 0 Å². The minimum Gasteiger partial charge on any atom is -0.469 e. The van der Waals surface area contributed by atoms with Crippen LogP contribution < -0.4 is 5.14 Å². The molecule has 2 N–H and O–H groups in total. The van der Waals surface area contributed by atoms with Gasteiger partial charge in [-0.15, -0.1) is 0 Å². The van der Waals surface area contributed by atoms with Gasteiger partial charge < -0.3 is 4.74 Å². The van der Waals surface area contributed by atoms with Crippen molar-refractivity contribution in [1.29, 1.82) is 0 Å². The number of hydrogen-bond donors (Lipinski definition) is 1. The second-order valence-electron chi connectivity index (χ2n) is 6.02. The fourth-order valence-electron chi connectivity index (χ4n) is 3.13. The van der Waals surface area contributed by atoms with Crippen LogP contribution >= 0.6 is 0 Å². The quantitative estimate of drug-likeness (QED) is 0.652. The molecule has 26 heavy (non-hydrogen) atoms. The van der Waals surface area contributed by atoms with Crippen LogP contribution in [0.2, 0.25) is 0 Å². The largest absolute Gasteiger partial charge is 0.469 e. The summed E-state index contributed by atoms with van der Waals surface area (Å²) in [6.07, 6.45) is 2.30. The van der Waals surface area contributed by atoms with Gasteiger partial charge in [0.15, 0.2) is 0 Å². The van der Waals surface area contributed by atoms with E-state index in [4.69, 9.17) is 9.88 Å². The molecule has 3 rings (SSSR count). The Balaban J connectivity index is 2.04. The molecular formula is C18H17FN2O4S. The molecule has 1 aliphatic carbocycles. The van der Waals surface area contributed by atoms with E-state index in [1.54, 1.807) is 18.2 Å². The monoisotopic (exact) mass is 376 g/mol. The summed E-state index contributed by atoms with van der Waals surface area (Å²) < 4.78 is 40.8. The van der Waals surface area contributed by atoms with Gasteiger partial charge in [0.1, 0.15) is 0 Å². The molecule has 2 aromatic rings. The molecule has 0 spiro atoms. The maximum atomic E-state index is 13.1. The topological polar surface area (TPSA) is 99.4 Å². The van der Waals surface area contributed by atoms with E-state index in [1.807, 2.05) is 0 Å².